The Morgan fingerprint density at radius 2 is 1.84 bits per heavy atom. The number of pyridine rings is 1. The third-order valence-electron chi connectivity index (χ3n) is 5.52. The van der Waals surface area contributed by atoms with Gasteiger partial charge < -0.3 is 4.98 Å². The maximum Gasteiger partial charge on any atom is 0.343 e. The van der Waals surface area contributed by atoms with Gasteiger partial charge >= 0.3 is 5.69 Å². The van der Waals surface area contributed by atoms with Crippen LogP contribution in [0.5, 0.6) is 0 Å². The topological polar surface area (TPSA) is 110 Å². The first-order valence-electron chi connectivity index (χ1n) is 9.79. The van der Waals surface area contributed by atoms with E-state index in [9.17, 15) is 4.79 Å². The SMILES string of the molecule is Cl.Cl.Cn1ncc2ccc(-c3nc(-c4ccncc4)[nH]c3-c3n[nH]c(=O)n3C3CC3)cc21. The number of fused-ring (bicyclic) bond motifs is 1. The fraction of sp³-hybridized carbons (Fsp3) is 0.190. The Bertz CT molecular complexity index is 1450. The summed E-state index contributed by atoms with van der Waals surface area (Å²) < 4.78 is 3.57. The highest BCUT2D eigenvalue weighted by atomic mass is 35.5. The summed E-state index contributed by atoms with van der Waals surface area (Å²) in [4.78, 5) is 24.8. The third-order valence-corrected chi connectivity index (χ3v) is 5.52. The van der Waals surface area contributed by atoms with Crippen LogP contribution in [0, 0.1) is 0 Å². The Morgan fingerprint density at radius 1 is 1.06 bits per heavy atom. The van der Waals surface area contributed by atoms with Crippen molar-refractivity contribution in [1.82, 2.24) is 39.5 Å². The third kappa shape index (κ3) is 3.49. The number of aromatic amines is 2. The molecule has 6 rings (SSSR count). The number of halogens is 2. The lowest BCUT2D eigenvalue weighted by Crippen LogP contribution is -2.16. The number of imidazole rings is 1. The van der Waals surface area contributed by atoms with Gasteiger partial charge in [-0.3, -0.25) is 14.2 Å². The normalized spacial score (nSPS) is 13.0. The zero-order valence-electron chi connectivity index (χ0n) is 17.0. The molecule has 1 aliphatic carbocycles. The molecule has 11 heteroatoms. The molecular formula is C21H20Cl2N8O. The molecule has 2 N–H and O–H groups in total. The van der Waals surface area contributed by atoms with Gasteiger partial charge in [0.1, 0.15) is 17.2 Å². The molecule has 32 heavy (non-hydrogen) atoms. The number of hydrogen-bond acceptors (Lipinski definition) is 5. The van der Waals surface area contributed by atoms with Gasteiger partial charge in [0.15, 0.2) is 5.82 Å². The van der Waals surface area contributed by atoms with E-state index in [4.69, 9.17) is 4.98 Å². The molecular weight excluding hydrogens is 451 g/mol. The van der Waals surface area contributed by atoms with E-state index in [1.807, 2.05) is 42.2 Å². The second-order valence-corrected chi connectivity index (χ2v) is 7.54. The fourth-order valence-electron chi connectivity index (χ4n) is 3.83. The van der Waals surface area contributed by atoms with Crippen LogP contribution in [0.4, 0.5) is 0 Å². The summed E-state index contributed by atoms with van der Waals surface area (Å²) in [5.41, 5.74) is 4.11. The summed E-state index contributed by atoms with van der Waals surface area (Å²) in [6.45, 7) is 0. The Balaban J connectivity index is 0.00000122. The minimum atomic E-state index is -0.194. The van der Waals surface area contributed by atoms with Gasteiger partial charge in [0.2, 0.25) is 0 Å². The molecule has 1 saturated carbocycles. The maximum absolute atomic E-state index is 12.4. The number of aromatic nitrogens is 8. The van der Waals surface area contributed by atoms with Crippen molar-refractivity contribution in [3.8, 4) is 34.2 Å². The Labute approximate surface area is 194 Å². The van der Waals surface area contributed by atoms with E-state index in [-0.39, 0.29) is 36.5 Å². The predicted molar refractivity (Wildman–Crippen MR) is 126 cm³/mol. The molecule has 4 heterocycles. The zero-order chi connectivity index (χ0) is 20.2. The van der Waals surface area contributed by atoms with Crippen LogP contribution in [-0.2, 0) is 7.05 Å². The van der Waals surface area contributed by atoms with E-state index in [0.717, 1.165) is 40.6 Å². The van der Waals surface area contributed by atoms with Crippen LogP contribution >= 0.6 is 24.8 Å². The van der Waals surface area contributed by atoms with Crippen LogP contribution in [0.1, 0.15) is 18.9 Å². The predicted octanol–water partition coefficient (Wildman–Crippen LogP) is 3.76. The van der Waals surface area contributed by atoms with E-state index in [0.29, 0.717) is 17.3 Å². The summed E-state index contributed by atoms with van der Waals surface area (Å²) in [6.07, 6.45) is 7.26. The lowest BCUT2D eigenvalue weighted by Gasteiger charge is -2.05. The van der Waals surface area contributed by atoms with Crippen LogP contribution in [0.25, 0.3) is 45.1 Å². The number of benzene rings is 1. The monoisotopic (exact) mass is 470 g/mol. The number of rotatable bonds is 4. The summed E-state index contributed by atoms with van der Waals surface area (Å²) in [5, 5.41) is 12.3. The molecule has 5 aromatic rings. The van der Waals surface area contributed by atoms with E-state index in [1.54, 1.807) is 17.0 Å². The number of nitrogens with one attached hydrogen (secondary N) is 2. The van der Waals surface area contributed by atoms with Crippen molar-refractivity contribution < 1.29 is 0 Å². The number of nitrogens with zero attached hydrogens (tertiary/aromatic N) is 6. The van der Waals surface area contributed by atoms with Gasteiger partial charge in [-0.1, -0.05) is 12.1 Å². The Kier molecular flexibility index (Phi) is 5.62. The molecule has 4 aromatic heterocycles. The van der Waals surface area contributed by atoms with Gasteiger partial charge in [0, 0.05) is 42.0 Å². The minimum Gasteiger partial charge on any atom is -0.335 e. The smallest absolute Gasteiger partial charge is 0.335 e. The average Bonchev–Trinajstić information content (AvgIpc) is 3.22. The minimum absolute atomic E-state index is 0. The van der Waals surface area contributed by atoms with Gasteiger partial charge in [0.25, 0.3) is 0 Å². The van der Waals surface area contributed by atoms with Gasteiger partial charge in [0.05, 0.1) is 11.7 Å². The molecule has 0 atom stereocenters. The first-order chi connectivity index (χ1) is 14.7. The summed E-state index contributed by atoms with van der Waals surface area (Å²) in [7, 11) is 1.92. The Morgan fingerprint density at radius 3 is 2.59 bits per heavy atom. The van der Waals surface area contributed by atoms with E-state index in [2.05, 4.69) is 31.3 Å². The molecule has 0 spiro atoms. The molecule has 1 aliphatic rings. The molecule has 0 bridgehead atoms. The van der Waals surface area contributed by atoms with Crippen molar-refractivity contribution in [1.29, 1.82) is 0 Å². The molecule has 0 amide bonds. The van der Waals surface area contributed by atoms with Crippen molar-refractivity contribution in [3.05, 3.63) is 59.4 Å². The Hall–Kier alpha value is -3.43. The average molecular weight is 471 g/mol. The van der Waals surface area contributed by atoms with Crippen molar-refractivity contribution in [3.63, 3.8) is 0 Å². The second-order valence-electron chi connectivity index (χ2n) is 7.54. The summed E-state index contributed by atoms with van der Waals surface area (Å²) in [5.74, 6) is 1.28. The molecule has 1 aromatic carbocycles. The van der Waals surface area contributed by atoms with Gasteiger partial charge in [-0.2, -0.15) is 10.2 Å². The van der Waals surface area contributed by atoms with Crippen molar-refractivity contribution in [2.45, 2.75) is 18.9 Å². The summed E-state index contributed by atoms with van der Waals surface area (Å²) in [6, 6.07) is 10.1. The highest BCUT2D eigenvalue weighted by Gasteiger charge is 2.31. The van der Waals surface area contributed by atoms with Gasteiger partial charge in [-0.25, -0.2) is 14.9 Å². The van der Waals surface area contributed by atoms with Crippen molar-refractivity contribution in [2.75, 3.05) is 0 Å². The van der Waals surface area contributed by atoms with Crippen LogP contribution in [0.2, 0.25) is 0 Å². The van der Waals surface area contributed by atoms with Crippen LogP contribution in [0.3, 0.4) is 0 Å². The number of aryl methyl sites for hydroxylation is 1. The molecule has 1 fully saturated rings. The molecule has 0 saturated heterocycles. The van der Waals surface area contributed by atoms with E-state index in [1.165, 1.54) is 0 Å². The second kappa shape index (κ2) is 8.25. The van der Waals surface area contributed by atoms with Gasteiger partial charge in [-0.15, -0.1) is 24.8 Å². The van der Waals surface area contributed by atoms with Crippen LogP contribution in [-0.4, -0.2) is 39.5 Å². The first kappa shape index (κ1) is 21.8. The molecule has 9 nitrogen and oxygen atoms in total. The largest absolute Gasteiger partial charge is 0.343 e. The highest BCUT2D eigenvalue weighted by molar-refractivity contribution is 5.87. The van der Waals surface area contributed by atoms with E-state index >= 15 is 0 Å². The fourth-order valence-corrected chi connectivity index (χ4v) is 3.83. The summed E-state index contributed by atoms with van der Waals surface area (Å²) >= 11 is 0. The van der Waals surface area contributed by atoms with E-state index < -0.39 is 0 Å². The number of H-pyrrole nitrogens is 2. The maximum atomic E-state index is 12.4. The lowest BCUT2D eigenvalue weighted by atomic mass is 10.1. The zero-order valence-corrected chi connectivity index (χ0v) is 18.7. The highest BCUT2D eigenvalue weighted by Crippen LogP contribution is 2.39. The quantitative estimate of drug-likeness (QED) is 0.415. The lowest BCUT2D eigenvalue weighted by molar-refractivity contribution is 0.715. The molecule has 0 aliphatic heterocycles. The van der Waals surface area contributed by atoms with Gasteiger partial charge in [-0.05, 0) is 31.0 Å². The van der Waals surface area contributed by atoms with Crippen LogP contribution < -0.4 is 5.69 Å². The van der Waals surface area contributed by atoms with Crippen molar-refractivity contribution >= 4 is 35.7 Å². The van der Waals surface area contributed by atoms with Crippen molar-refractivity contribution in [2.24, 2.45) is 7.05 Å². The molecule has 0 radical (unpaired) electrons. The number of hydrogen-bond donors (Lipinski definition) is 2. The standard InChI is InChI=1S/C21H18N8O.2ClH/c1-28-16-10-13(2-3-14(16)11-23-28)17-18(20-26-27-21(30)29(20)15-4-5-15)25-19(24-17)12-6-8-22-9-7-12;;/h2-3,6-11,15H,4-5H2,1H3,(H,24,25)(H,27,30);2*1H. The molecule has 164 valence electrons. The molecule has 0 unspecified atom stereocenters. The van der Waals surface area contributed by atoms with Crippen LogP contribution in [0.15, 0.2) is 53.7 Å². The first-order valence-corrected chi connectivity index (χ1v) is 9.79.